The lowest BCUT2D eigenvalue weighted by Crippen LogP contribution is -2.11. The van der Waals surface area contributed by atoms with Crippen LogP contribution in [0.4, 0.5) is 21.8 Å². The third-order valence-corrected chi connectivity index (χ3v) is 4.47. The van der Waals surface area contributed by atoms with E-state index in [4.69, 9.17) is 9.15 Å². The molecule has 3 aromatic rings. The molecule has 0 unspecified atom stereocenters. The normalized spacial score (nSPS) is 13.6. The van der Waals surface area contributed by atoms with Crippen LogP contribution in [0.5, 0.6) is 5.75 Å². The topological polar surface area (TPSA) is 97.0 Å². The monoisotopic (exact) mass is 421 g/mol. The maximum Gasteiger partial charge on any atom is 0.347 e. The van der Waals surface area contributed by atoms with Crippen LogP contribution in [0.3, 0.4) is 0 Å². The van der Waals surface area contributed by atoms with Gasteiger partial charge in [-0.2, -0.15) is 0 Å². The summed E-state index contributed by atoms with van der Waals surface area (Å²) >= 11 is 0. The summed E-state index contributed by atoms with van der Waals surface area (Å²) in [5.41, 5.74) is 1.78. The summed E-state index contributed by atoms with van der Waals surface area (Å²) in [5.74, 6) is -0.774. The van der Waals surface area contributed by atoms with E-state index in [1.54, 1.807) is 24.6 Å². The van der Waals surface area contributed by atoms with Gasteiger partial charge in [-0.05, 0) is 48.4 Å². The number of furan rings is 1. The van der Waals surface area contributed by atoms with Crippen molar-refractivity contribution in [1.29, 1.82) is 0 Å². The van der Waals surface area contributed by atoms with Gasteiger partial charge in [0.1, 0.15) is 5.82 Å². The fourth-order valence-electron chi connectivity index (χ4n) is 2.98. The van der Waals surface area contributed by atoms with E-state index in [9.17, 15) is 14.3 Å². The zero-order chi connectivity index (χ0) is 22.0. The Morgan fingerprint density at radius 3 is 2.81 bits per heavy atom. The molecule has 4 rings (SSSR count). The molecule has 2 N–H and O–H groups in total. The smallest absolute Gasteiger partial charge is 0.347 e. The van der Waals surface area contributed by atoms with Crippen LogP contribution in [0.2, 0.25) is 0 Å². The van der Waals surface area contributed by atoms with Gasteiger partial charge in [-0.3, -0.25) is 0 Å². The van der Waals surface area contributed by atoms with Crippen molar-refractivity contribution in [2.24, 2.45) is 10.9 Å². The number of pyridine rings is 1. The Hall–Kier alpha value is -3.94. The molecule has 0 atom stereocenters. The Morgan fingerprint density at radius 1 is 1.29 bits per heavy atom. The van der Waals surface area contributed by atoms with Crippen LogP contribution in [0.25, 0.3) is 11.6 Å². The highest BCUT2D eigenvalue weighted by molar-refractivity contribution is 6.21. The second-order valence-corrected chi connectivity index (χ2v) is 7.38. The Bertz CT molecular complexity index is 1180. The lowest BCUT2D eigenvalue weighted by Gasteiger charge is -2.08. The van der Waals surface area contributed by atoms with Gasteiger partial charge in [-0.1, -0.05) is 13.8 Å². The molecule has 0 amide bonds. The number of allylic oxidation sites excluding steroid dienone is 1. The number of nitrogens with zero attached hydrogens (tertiary/aromatic N) is 2. The molecule has 0 saturated heterocycles. The molecule has 1 aromatic carbocycles. The van der Waals surface area contributed by atoms with E-state index in [1.165, 1.54) is 24.3 Å². The number of hydrogen-bond acceptors (Lipinski definition) is 7. The quantitative estimate of drug-likeness (QED) is 0.522. The molecule has 158 valence electrons. The number of rotatable bonds is 6. The first-order chi connectivity index (χ1) is 14.9. The van der Waals surface area contributed by atoms with Crippen LogP contribution in [0.1, 0.15) is 35.5 Å². The number of benzene rings is 1. The number of carbonyl (C=O) groups excluding carboxylic acids is 1. The van der Waals surface area contributed by atoms with Crippen molar-refractivity contribution in [2.75, 3.05) is 11.9 Å². The van der Waals surface area contributed by atoms with Gasteiger partial charge in [0.25, 0.3) is 0 Å². The molecule has 3 heterocycles. The van der Waals surface area contributed by atoms with E-state index >= 15 is 0 Å². The summed E-state index contributed by atoms with van der Waals surface area (Å²) in [6, 6.07) is 9.13. The molecule has 2 aromatic heterocycles. The van der Waals surface area contributed by atoms with Gasteiger partial charge >= 0.3 is 5.97 Å². The molecule has 0 bridgehead atoms. The third kappa shape index (κ3) is 4.32. The molecule has 0 radical (unpaired) electrons. The predicted octanol–water partition coefficient (Wildman–Crippen LogP) is 5.33. The molecule has 1 aliphatic rings. The number of carbonyl (C=O) groups is 1. The van der Waals surface area contributed by atoms with Gasteiger partial charge in [0.2, 0.25) is 5.88 Å². The molecular formula is C23H20FN3O4. The van der Waals surface area contributed by atoms with Crippen LogP contribution < -0.4 is 5.32 Å². The molecule has 7 nitrogen and oxygen atoms in total. The highest BCUT2D eigenvalue weighted by atomic mass is 19.1. The van der Waals surface area contributed by atoms with Crippen LogP contribution in [-0.2, 0) is 4.74 Å². The maximum absolute atomic E-state index is 13.2. The third-order valence-electron chi connectivity index (χ3n) is 4.47. The predicted molar refractivity (Wildman–Crippen MR) is 115 cm³/mol. The van der Waals surface area contributed by atoms with E-state index in [2.05, 4.69) is 15.3 Å². The number of aliphatic imine (C=N–C) groups is 1. The number of halogens is 1. The van der Waals surface area contributed by atoms with Crippen molar-refractivity contribution in [1.82, 2.24) is 4.98 Å². The number of fused-ring (bicyclic) bond motifs is 1. The van der Waals surface area contributed by atoms with Gasteiger partial charge in [0.05, 0.1) is 6.61 Å². The van der Waals surface area contributed by atoms with Crippen LogP contribution in [0.15, 0.2) is 52.0 Å². The molecule has 0 saturated carbocycles. The number of anilines is 2. The Labute approximate surface area is 177 Å². The first-order valence-corrected chi connectivity index (χ1v) is 9.69. The van der Waals surface area contributed by atoms with Crippen LogP contribution in [0, 0.1) is 11.7 Å². The van der Waals surface area contributed by atoms with Crippen molar-refractivity contribution in [2.45, 2.75) is 13.8 Å². The molecule has 0 spiro atoms. The van der Waals surface area contributed by atoms with Gasteiger partial charge in [0.15, 0.2) is 22.9 Å². The van der Waals surface area contributed by atoms with Crippen molar-refractivity contribution < 1.29 is 23.4 Å². The molecule has 0 aliphatic carbocycles. The Morgan fingerprint density at radius 2 is 2.06 bits per heavy atom. The van der Waals surface area contributed by atoms with Gasteiger partial charge in [0, 0.05) is 29.2 Å². The van der Waals surface area contributed by atoms with Crippen molar-refractivity contribution >= 4 is 41.2 Å². The zero-order valence-corrected chi connectivity index (χ0v) is 16.9. The van der Waals surface area contributed by atoms with Crippen LogP contribution in [-0.4, -0.2) is 28.9 Å². The van der Waals surface area contributed by atoms with Gasteiger partial charge in [-0.25, -0.2) is 19.2 Å². The second-order valence-electron chi connectivity index (χ2n) is 7.38. The summed E-state index contributed by atoms with van der Waals surface area (Å²) in [4.78, 5) is 21.1. The number of esters is 1. The van der Waals surface area contributed by atoms with E-state index in [1.807, 2.05) is 19.9 Å². The molecule has 8 heteroatoms. The molecule has 1 aliphatic heterocycles. The van der Waals surface area contributed by atoms with Gasteiger partial charge in [-0.15, -0.1) is 0 Å². The van der Waals surface area contributed by atoms with Crippen LogP contribution >= 0.6 is 0 Å². The lowest BCUT2D eigenvalue weighted by molar-refractivity contribution is 0.0457. The van der Waals surface area contributed by atoms with E-state index in [-0.39, 0.29) is 35.5 Å². The average molecular weight is 421 g/mol. The highest BCUT2D eigenvalue weighted by Gasteiger charge is 2.27. The highest BCUT2D eigenvalue weighted by Crippen LogP contribution is 2.39. The summed E-state index contributed by atoms with van der Waals surface area (Å²) in [5, 5.41) is 13.7. The maximum atomic E-state index is 13.2. The first kappa shape index (κ1) is 20.3. The minimum Gasteiger partial charge on any atom is -0.504 e. The lowest BCUT2D eigenvalue weighted by atomic mass is 10.1. The van der Waals surface area contributed by atoms with Gasteiger partial charge < -0.3 is 19.6 Å². The van der Waals surface area contributed by atoms with E-state index < -0.39 is 11.8 Å². The van der Waals surface area contributed by atoms with Crippen molar-refractivity contribution in [3.63, 3.8) is 0 Å². The number of aromatic nitrogens is 1. The van der Waals surface area contributed by atoms with E-state index in [0.717, 1.165) is 5.56 Å². The van der Waals surface area contributed by atoms with Crippen molar-refractivity contribution in [3.8, 4) is 5.75 Å². The minimum absolute atomic E-state index is 0.00828. The summed E-state index contributed by atoms with van der Waals surface area (Å²) in [7, 11) is 0. The Balaban J connectivity index is 1.73. The molecular weight excluding hydrogens is 401 g/mol. The summed E-state index contributed by atoms with van der Waals surface area (Å²) in [6.45, 7) is 3.99. The average Bonchev–Trinajstić information content (AvgIpc) is 3.29. The number of nitrogens with one attached hydrogen (secondary N) is 1. The first-order valence-electron chi connectivity index (χ1n) is 9.69. The fraction of sp³-hybridized carbons (Fsp3) is 0.174. The number of hydrogen-bond donors (Lipinski definition) is 2. The number of ether oxygens (including phenoxy) is 1. The van der Waals surface area contributed by atoms with Crippen molar-refractivity contribution in [3.05, 3.63) is 65.3 Å². The SMILES string of the molecule is CC(C)COC(=O)c1c(Nc2ccc(F)cc2)oc(C=C2C=Nc3ncccc32)c1O. The fourth-order valence-corrected chi connectivity index (χ4v) is 2.98. The zero-order valence-electron chi connectivity index (χ0n) is 16.9. The summed E-state index contributed by atoms with van der Waals surface area (Å²) in [6.07, 6.45) is 4.81. The number of aromatic hydroxyl groups is 1. The minimum atomic E-state index is -0.730. The Kier molecular flexibility index (Phi) is 5.53. The standard InChI is InChI=1S/C23H20FN3O4/c1-13(2)12-30-23(29)19-20(28)18(10-14-11-26-21-17(14)4-3-9-25-21)31-22(19)27-16-7-5-15(24)6-8-16/h3-11,13,27-28H,12H2,1-2H3. The largest absolute Gasteiger partial charge is 0.504 e. The molecule has 0 fully saturated rings. The molecule has 31 heavy (non-hydrogen) atoms. The summed E-state index contributed by atoms with van der Waals surface area (Å²) < 4.78 is 24.3. The second kappa shape index (κ2) is 8.43. The van der Waals surface area contributed by atoms with E-state index in [0.29, 0.717) is 17.1 Å².